The summed E-state index contributed by atoms with van der Waals surface area (Å²) in [6.45, 7) is 4.08. The summed E-state index contributed by atoms with van der Waals surface area (Å²) in [4.78, 5) is 24.3. The number of hydrogen-bond acceptors (Lipinski definition) is 5. The van der Waals surface area contributed by atoms with E-state index < -0.39 is 6.10 Å². The van der Waals surface area contributed by atoms with Crippen molar-refractivity contribution in [1.29, 1.82) is 0 Å². The van der Waals surface area contributed by atoms with Crippen LogP contribution in [0.5, 0.6) is 0 Å². The Balaban J connectivity index is 3.62. The molecule has 0 aliphatic rings. The number of esters is 2. The maximum atomic E-state index is 12.2. The first-order chi connectivity index (χ1) is 23.6. The highest BCUT2D eigenvalue weighted by atomic mass is 16.6. The minimum atomic E-state index is -0.786. The summed E-state index contributed by atoms with van der Waals surface area (Å²) in [6, 6.07) is 0. The van der Waals surface area contributed by atoms with Crippen LogP contribution in [0.25, 0.3) is 0 Å². The second kappa shape index (κ2) is 39.3. The summed E-state index contributed by atoms with van der Waals surface area (Å²) in [6.07, 6.45) is 48.8. The number of aliphatic hydroxyl groups excluding tert-OH is 1. The third-order valence-corrected chi connectivity index (χ3v) is 8.63. The van der Waals surface area contributed by atoms with Gasteiger partial charge in [-0.05, 0) is 57.8 Å². The van der Waals surface area contributed by atoms with E-state index in [1.165, 1.54) is 103 Å². The molecule has 1 unspecified atom stereocenters. The van der Waals surface area contributed by atoms with Crippen molar-refractivity contribution in [3.63, 3.8) is 0 Å². The first kappa shape index (κ1) is 45.9. The van der Waals surface area contributed by atoms with E-state index in [4.69, 9.17) is 9.47 Å². The zero-order valence-corrected chi connectivity index (χ0v) is 31.5. The third kappa shape index (κ3) is 36.7. The Bertz CT molecular complexity index is 812. The molecule has 278 valence electrons. The minimum Gasteiger partial charge on any atom is -0.462 e. The molecule has 0 radical (unpaired) electrons. The Labute approximate surface area is 297 Å². The molecule has 0 aliphatic heterocycles. The predicted molar refractivity (Wildman–Crippen MR) is 205 cm³/mol. The van der Waals surface area contributed by atoms with Gasteiger partial charge in [0.05, 0.1) is 6.61 Å². The van der Waals surface area contributed by atoms with E-state index in [1.807, 2.05) is 0 Å². The molecule has 0 aromatic heterocycles. The molecule has 5 heteroatoms. The topological polar surface area (TPSA) is 72.8 Å². The summed E-state index contributed by atoms with van der Waals surface area (Å²) in [5, 5.41) is 9.55. The molecule has 0 saturated heterocycles. The SMILES string of the molecule is CCCCCC=CCC=CCC=CCC=CCCCCCC(=O)OC(CO)COC(=O)CCCCCCCCCCCCCCCCC. The van der Waals surface area contributed by atoms with Crippen LogP contribution in [0.15, 0.2) is 48.6 Å². The number of hydrogen-bond donors (Lipinski definition) is 1. The van der Waals surface area contributed by atoms with Crippen LogP contribution < -0.4 is 0 Å². The Morgan fingerprint density at radius 2 is 0.833 bits per heavy atom. The van der Waals surface area contributed by atoms with Gasteiger partial charge in [-0.2, -0.15) is 0 Å². The molecule has 0 aliphatic carbocycles. The number of aliphatic hydroxyl groups is 1. The molecule has 0 heterocycles. The Hall–Kier alpha value is -2.14. The smallest absolute Gasteiger partial charge is 0.306 e. The average Bonchev–Trinajstić information content (AvgIpc) is 3.09. The van der Waals surface area contributed by atoms with Crippen molar-refractivity contribution in [3.8, 4) is 0 Å². The molecule has 5 nitrogen and oxygen atoms in total. The minimum absolute atomic E-state index is 0.0775. The predicted octanol–water partition coefficient (Wildman–Crippen LogP) is 12.6. The molecule has 48 heavy (non-hydrogen) atoms. The Morgan fingerprint density at radius 1 is 0.479 bits per heavy atom. The number of rotatable bonds is 36. The molecular weight excluding hydrogens is 596 g/mol. The highest BCUT2D eigenvalue weighted by Gasteiger charge is 2.16. The van der Waals surface area contributed by atoms with E-state index in [2.05, 4.69) is 62.5 Å². The molecule has 0 amide bonds. The van der Waals surface area contributed by atoms with Gasteiger partial charge in [0.25, 0.3) is 0 Å². The monoisotopic (exact) mass is 673 g/mol. The van der Waals surface area contributed by atoms with Crippen LogP contribution in [-0.4, -0.2) is 36.4 Å². The summed E-state index contributed by atoms with van der Waals surface area (Å²) >= 11 is 0. The first-order valence-electron chi connectivity index (χ1n) is 20.2. The molecule has 0 rings (SSSR count). The summed E-state index contributed by atoms with van der Waals surface area (Å²) in [5.41, 5.74) is 0. The fourth-order valence-electron chi connectivity index (χ4n) is 5.54. The lowest BCUT2D eigenvalue weighted by atomic mass is 10.0. The molecule has 0 aromatic carbocycles. The van der Waals surface area contributed by atoms with Crippen molar-refractivity contribution in [2.45, 2.75) is 200 Å². The molecule has 0 saturated carbocycles. The number of carbonyl (C=O) groups excluding carboxylic acids is 2. The van der Waals surface area contributed by atoms with Gasteiger partial charge in [0, 0.05) is 12.8 Å². The van der Waals surface area contributed by atoms with E-state index in [1.54, 1.807) is 0 Å². The van der Waals surface area contributed by atoms with Crippen molar-refractivity contribution in [3.05, 3.63) is 48.6 Å². The van der Waals surface area contributed by atoms with Gasteiger partial charge in [-0.1, -0.05) is 172 Å². The zero-order valence-electron chi connectivity index (χ0n) is 31.5. The third-order valence-electron chi connectivity index (χ3n) is 8.63. The van der Waals surface area contributed by atoms with E-state index in [-0.39, 0.29) is 25.2 Å². The van der Waals surface area contributed by atoms with Crippen molar-refractivity contribution in [1.82, 2.24) is 0 Å². The fourth-order valence-corrected chi connectivity index (χ4v) is 5.54. The lowest BCUT2D eigenvalue weighted by Crippen LogP contribution is -2.28. The van der Waals surface area contributed by atoms with E-state index in [0.29, 0.717) is 12.8 Å². The van der Waals surface area contributed by atoms with Crippen LogP contribution in [0.1, 0.15) is 194 Å². The average molecular weight is 673 g/mol. The van der Waals surface area contributed by atoms with Gasteiger partial charge in [-0.15, -0.1) is 0 Å². The van der Waals surface area contributed by atoms with Crippen molar-refractivity contribution >= 4 is 11.9 Å². The van der Waals surface area contributed by atoms with E-state index >= 15 is 0 Å². The van der Waals surface area contributed by atoms with Crippen LogP contribution >= 0.6 is 0 Å². The van der Waals surface area contributed by atoms with Crippen molar-refractivity contribution < 1.29 is 24.2 Å². The highest BCUT2D eigenvalue weighted by Crippen LogP contribution is 2.14. The maximum absolute atomic E-state index is 12.2. The molecule has 1 atom stereocenters. The summed E-state index contributed by atoms with van der Waals surface area (Å²) in [5.74, 6) is -0.624. The summed E-state index contributed by atoms with van der Waals surface area (Å²) in [7, 11) is 0. The number of carbonyl (C=O) groups is 2. The molecule has 0 aromatic rings. The van der Waals surface area contributed by atoms with Crippen LogP contribution in [0.4, 0.5) is 0 Å². The number of ether oxygens (including phenoxy) is 2. The van der Waals surface area contributed by atoms with Gasteiger partial charge >= 0.3 is 11.9 Å². The largest absolute Gasteiger partial charge is 0.462 e. The molecule has 1 N–H and O–H groups in total. The van der Waals surface area contributed by atoms with E-state index in [9.17, 15) is 14.7 Å². The lowest BCUT2D eigenvalue weighted by molar-refractivity contribution is -0.161. The normalized spacial score (nSPS) is 12.6. The zero-order chi connectivity index (χ0) is 35.0. The van der Waals surface area contributed by atoms with Crippen LogP contribution in [0, 0.1) is 0 Å². The standard InChI is InChI=1S/C43H76O5/c1-3-5-7-9-11-13-15-17-19-20-21-22-24-26-28-30-32-34-36-38-43(46)48-41(39-44)40-47-42(45)37-35-33-31-29-27-25-23-18-16-14-12-10-8-6-4-2/h11,13,17,19,21-22,26,28,41,44H,3-10,12,14-16,18,20,23-25,27,29-40H2,1-2H3. The quantitative estimate of drug-likeness (QED) is 0.0407. The van der Waals surface area contributed by atoms with Crippen LogP contribution in [0.2, 0.25) is 0 Å². The van der Waals surface area contributed by atoms with Crippen LogP contribution in [-0.2, 0) is 19.1 Å². The molecule has 0 fully saturated rings. The number of allylic oxidation sites excluding steroid dienone is 8. The summed E-state index contributed by atoms with van der Waals surface area (Å²) < 4.78 is 10.6. The Morgan fingerprint density at radius 3 is 1.29 bits per heavy atom. The van der Waals surface area contributed by atoms with Gasteiger partial charge < -0.3 is 14.6 Å². The van der Waals surface area contributed by atoms with Gasteiger partial charge in [-0.3, -0.25) is 9.59 Å². The molecular formula is C43H76O5. The molecule has 0 spiro atoms. The van der Waals surface area contributed by atoms with Gasteiger partial charge in [0.2, 0.25) is 0 Å². The second-order valence-corrected chi connectivity index (χ2v) is 13.4. The number of unbranched alkanes of at least 4 members (excludes halogenated alkanes) is 20. The molecule has 0 bridgehead atoms. The van der Waals surface area contributed by atoms with Crippen LogP contribution in [0.3, 0.4) is 0 Å². The van der Waals surface area contributed by atoms with E-state index in [0.717, 1.165) is 64.2 Å². The van der Waals surface area contributed by atoms with Gasteiger partial charge in [0.15, 0.2) is 6.10 Å². The van der Waals surface area contributed by atoms with Gasteiger partial charge in [0.1, 0.15) is 6.61 Å². The maximum Gasteiger partial charge on any atom is 0.306 e. The fraction of sp³-hybridized carbons (Fsp3) is 0.767. The lowest BCUT2D eigenvalue weighted by Gasteiger charge is -2.15. The van der Waals surface area contributed by atoms with Crippen molar-refractivity contribution in [2.75, 3.05) is 13.2 Å². The van der Waals surface area contributed by atoms with Crippen molar-refractivity contribution in [2.24, 2.45) is 0 Å². The Kier molecular flexibility index (Phi) is 37.5. The first-order valence-corrected chi connectivity index (χ1v) is 20.2. The second-order valence-electron chi connectivity index (χ2n) is 13.4. The van der Waals surface area contributed by atoms with Gasteiger partial charge in [-0.25, -0.2) is 0 Å². The highest BCUT2D eigenvalue weighted by molar-refractivity contribution is 5.70.